The van der Waals surface area contributed by atoms with Gasteiger partial charge in [-0.05, 0) is 54.3 Å². The molecule has 1 aromatic carbocycles. The first-order chi connectivity index (χ1) is 13.2. The average molecular weight is 363 g/mol. The molecule has 140 valence electrons. The zero-order chi connectivity index (χ0) is 18.9. The van der Waals surface area contributed by atoms with Gasteiger partial charge in [-0.2, -0.15) is 4.98 Å². The number of nitrogens with zero attached hydrogens (tertiary/aromatic N) is 4. The lowest BCUT2D eigenvalue weighted by Gasteiger charge is -2.18. The van der Waals surface area contributed by atoms with Crippen LogP contribution in [0.15, 0.2) is 61.1 Å². The highest BCUT2D eigenvalue weighted by molar-refractivity contribution is 5.42. The van der Waals surface area contributed by atoms with Crippen LogP contribution in [0.3, 0.4) is 0 Å². The van der Waals surface area contributed by atoms with Gasteiger partial charge in [0, 0.05) is 38.7 Å². The fourth-order valence-electron chi connectivity index (χ4n) is 2.75. The number of methoxy groups -OCH3 is 1. The minimum absolute atomic E-state index is 0.645. The molecule has 0 aliphatic carbocycles. The Bertz CT molecular complexity index is 841. The van der Waals surface area contributed by atoms with Gasteiger partial charge in [0.05, 0.1) is 7.11 Å². The number of nitrogens with one attached hydrogen (secondary N) is 1. The molecule has 0 aliphatic heterocycles. The minimum Gasteiger partial charge on any atom is -0.497 e. The van der Waals surface area contributed by atoms with E-state index in [0.717, 1.165) is 37.5 Å². The number of benzene rings is 1. The van der Waals surface area contributed by atoms with Crippen molar-refractivity contribution in [1.29, 1.82) is 0 Å². The molecule has 0 radical (unpaired) electrons. The van der Waals surface area contributed by atoms with Crippen molar-refractivity contribution < 1.29 is 4.74 Å². The summed E-state index contributed by atoms with van der Waals surface area (Å²) in [5.74, 6) is 2.43. The van der Waals surface area contributed by atoms with Crippen LogP contribution in [0.4, 0.5) is 11.8 Å². The number of aromatic nitrogens is 3. The van der Waals surface area contributed by atoms with Crippen molar-refractivity contribution in [1.82, 2.24) is 15.0 Å². The summed E-state index contributed by atoms with van der Waals surface area (Å²) >= 11 is 0. The number of likely N-dealkylation sites (N-methyl/N-ethyl adjacent to an activating group) is 1. The summed E-state index contributed by atoms with van der Waals surface area (Å²) in [4.78, 5) is 15.1. The summed E-state index contributed by atoms with van der Waals surface area (Å²) in [5, 5.41) is 3.30. The maximum Gasteiger partial charge on any atom is 0.224 e. The summed E-state index contributed by atoms with van der Waals surface area (Å²) in [6, 6.07) is 14.1. The topological polar surface area (TPSA) is 63.2 Å². The normalized spacial score (nSPS) is 10.4. The molecule has 27 heavy (non-hydrogen) atoms. The Hall–Kier alpha value is -3.15. The van der Waals surface area contributed by atoms with Crippen molar-refractivity contribution in [2.45, 2.75) is 12.8 Å². The van der Waals surface area contributed by atoms with Crippen molar-refractivity contribution in [3.63, 3.8) is 0 Å². The van der Waals surface area contributed by atoms with Gasteiger partial charge in [-0.1, -0.05) is 12.1 Å². The summed E-state index contributed by atoms with van der Waals surface area (Å²) in [6.45, 7) is 1.64. The van der Waals surface area contributed by atoms with Crippen LogP contribution in [0.25, 0.3) is 0 Å². The molecule has 0 amide bonds. The highest BCUT2D eigenvalue weighted by Crippen LogP contribution is 2.14. The molecule has 0 spiro atoms. The van der Waals surface area contributed by atoms with Crippen LogP contribution in [-0.2, 0) is 12.8 Å². The second kappa shape index (κ2) is 9.52. The third-order valence-corrected chi connectivity index (χ3v) is 4.35. The van der Waals surface area contributed by atoms with E-state index >= 15 is 0 Å². The van der Waals surface area contributed by atoms with Gasteiger partial charge in [0.15, 0.2) is 0 Å². The molecule has 0 bridgehead atoms. The molecule has 2 heterocycles. The van der Waals surface area contributed by atoms with Gasteiger partial charge in [0.25, 0.3) is 0 Å². The number of hydrogen-bond donors (Lipinski definition) is 1. The van der Waals surface area contributed by atoms with E-state index in [1.165, 1.54) is 11.1 Å². The van der Waals surface area contributed by atoms with Crippen LogP contribution in [0.2, 0.25) is 0 Å². The zero-order valence-electron chi connectivity index (χ0n) is 15.8. The predicted octanol–water partition coefficient (Wildman–Crippen LogP) is 3.21. The molecule has 6 nitrogen and oxygen atoms in total. The van der Waals surface area contributed by atoms with Crippen LogP contribution < -0.4 is 15.0 Å². The molecule has 0 atom stereocenters. The number of rotatable bonds is 9. The van der Waals surface area contributed by atoms with Crippen LogP contribution in [0, 0.1) is 0 Å². The first-order valence-electron chi connectivity index (χ1n) is 9.04. The third-order valence-electron chi connectivity index (χ3n) is 4.35. The fraction of sp³-hybridized carbons (Fsp3) is 0.286. The van der Waals surface area contributed by atoms with Crippen LogP contribution in [-0.4, -0.2) is 42.2 Å². The Morgan fingerprint density at radius 2 is 1.85 bits per heavy atom. The van der Waals surface area contributed by atoms with Crippen molar-refractivity contribution in [3.05, 3.63) is 72.2 Å². The van der Waals surface area contributed by atoms with Crippen LogP contribution in [0.1, 0.15) is 11.1 Å². The molecule has 0 aliphatic rings. The largest absolute Gasteiger partial charge is 0.497 e. The molecule has 0 unspecified atom stereocenters. The van der Waals surface area contributed by atoms with E-state index in [0.29, 0.717) is 5.95 Å². The molecule has 0 saturated carbocycles. The van der Waals surface area contributed by atoms with Gasteiger partial charge >= 0.3 is 0 Å². The second-order valence-corrected chi connectivity index (χ2v) is 6.29. The molecule has 2 aromatic heterocycles. The van der Waals surface area contributed by atoms with Gasteiger partial charge in [0.1, 0.15) is 11.6 Å². The molecule has 3 aromatic rings. The Kier molecular flexibility index (Phi) is 6.57. The Morgan fingerprint density at radius 3 is 2.67 bits per heavy atom. The molecule has 0 saturated heterocycles. The van der Waals surface area contributed by atoms with Gasteiger partial charge < -0.3 is 15.0 Å². The minimum atomic E-state index is 0.645. The number of ether oxygens (including phenoxy) is 1. The van der Waals surface area contributed by atoms with Crippen molar-refractivity contribution >= 4 is 11.8 Å². The van der Waals surface area contributed by atoms with E-state index in [1.54, 1.807) is 13.3 Å². The number of hydrogen-bond acceptors (Lipinski definition) is 6. The Labute approximate surface area is 160 Å². The van der Waals surface area contributed by atoms with Gasteiger partial charge in [0.2, 0.25) is 5.95 Å². The first kappa shape index (κ1) is 18.6. The molecular formula is C21H25N5O. The van der Waals surface area contributed by atoms with Crippen molar-refractivity contribution in [2.75, 3.05) is 37.5 Å². The highest BCUT2D eigenvalue weighted by Gasteiger charge is 2.05. The highest BCUT2D eigenvalue weighted by atomic mass is 16.5. The quantitative estimate of drug-likeness (QED) is 0.630. The van der Waals surface area contributed by atoms with Crippen molar-refractivity contribution in [3.8, 4) is 5.75 Å². The molecular weight excluding hydrogens is 338 g/mol. The van der Waals surface area contributed by atoms with E-state index in [9.17, 15) is 0 Å². The Morgan fingerprint density at radius 1 is 1.00 bits per heavy atom. The van der Waals surface area contributed by atoms with Crippen LogP contribution in [0.5, 0.6) is 5.75 Å². The van der Waals surface area contributed by atoms with E-state index in [2.05, 4.69) is 31.2 Å². The van der Waals surface area contributed by atoms with E-state index in [4.69, 9.17) is 4.74 Å². The van der Waals surface area contributed by atoms with E-state index in [-0.39, 0.29) is 0 Å². The third kappa shape index (κ3) is 5.67. The fourth-order valence-corrected chi connectivity index (χ4v) is 2.75. The van der Waals surface area contributed by atoms with E-state index < -0.39 is 0 Å². The summed E-state index contributed by atoms with van der Waals surface area (Å²) < 4.78 is 5.26. The monoisotopic (exact) mass is 363 g/mol. The SMILES string of the molecule is COc1cccc(CCNc2nccc(N(C)CCc3ccncc3)n2)c1. The standard InChI is InChI=1S/C21H25N5O/c1-26(15-10-17-6-11-22-12-7-17)20-9-14-24-21(25-20)23-13-8-18-4-3-5-19(16-18)27-2/h3-7,9,11-12,14,16H,8,10,13,15H2,1-2H3,(H,23,24,25). The maximum absolute atomic E-state index is 5.26. The van der Waals surface area contributed by atoms with E-state index in [1.807, 2.05) is 55.8 Å². The summed E-state index contributed by atoms with van der Waals surface area (Å²) in [6.07, 6.45) is 7.26. The maximum atomic E-state index is 5.26. The summed E-state index contributed by atoms with van der Waals surface area (Å²) in [5.41, 5.74) is 2.48. The smallest absolute Gasteiger partial charge is 0.224 e. The lowest BCUT2D eigenvalue weighted by Crippen LogP contribution is -2.22. The van der Waals surface area contributed by atoms with Crippen LogP contribution >= 0.6 is 0 Å². The second-order valence-electron chi connectivity index (χ2n) is 6.29. The van der Waals surface area contributed by atoms with Crippen molar-refractivity contribution in [2.24, 2.45) is 0 Å². The van der Waals surface area contributed by atoms with Gasteiger partial charge in [-0.15, -0.1) is 0 Å². The molecule has 0 fully saturated rings. The molecule has 3 rings (SSSR count). The lowest BCUT2D eigenvalue weighted by atomic mass is 10.1. The lowest BCUT2D eigenvalue weighted by molar-refractivity contribution is 0.414. The number of anilines is 2. The number of pyridine rings is 1. The predicted molar refractivity (Wildman–Crippen MR) is 108 cm³/mol. The first-order valence-corrected chi connectivity index (χ1v) is 9.04. The molecule has 1 N–H and O–H groups in total. The Balaban J connectivity index is 1.51. The average Bonchev–Trinajstić information content (AvgIpc) is 2.73. The zero-order valence-corrected chi connectivity index (χ0v) is 15.8. The summed E-state index contributed by atoms with van der Waals surface area (Å²) in [7, 11) is 3.73. The van der Waals surface area contributed by atoms with Gasteiger partial charge in [-0.25, -0.2) is 4.98 Å². The molecule has 6 heteroatoms. The van der Waals surface area contributed by atoms with Gasteiger partial charge in [-0.3, -0.25) is 4.98 Å².